The molecule has 0 aliphatic carbocycles. The summed E-state index contributed by atoms with van der Waals surface area (Å²) >= 11 is 0. The molecule has 0 aromatic carbocycles. The molecule has 0 saturated carbocycles. The van der Waals surface area contributed by atoms with Gasteiger partial charge in [-0.1, -0.05) is 6.07 Å². The van der Waals surface area contributed by atoms with Crippen LogP contribution < -0.4 is 9.47 Å². The predicted molar refractivity (Wildman–Crippen MR) is 69.3 cm³/mol. The first kappa shape index (κ1) is 11.5. The summed E-state index contributed by atoms with van der Waals surface area (Å²) in [6.45, 7) is 0. The highest BCUT2D eigenvalue weighted by Crippen LogP contribution is 2.23. The van der Waals surface area contributed by atoms with E-state index in [0.29, 0.717) is 17.5 Å². The summed E-state index contributed by atoms with van der Waals surface area (Å²) in [7, 11) is 3.15. The summed E-state index contributed by atoms with van der Waals surface area (Å²) in [5.41, 5.74) is 1.52. The van der Waals surface area contributed by atoms with Gasteiger partial charge in [-0.3, -0.25) is 9.38 Å². The van der Waals surface area contributed by atoms with Gasteiger partial charge in [0.25, 0.3) is 0 Å². The number of rotatable bonds is 3. The summed E-state index contributed by atoms with van der Waals surface area (Å²) in [6, 6.07) is 7.38. The molecule has 3 rings (SSSR count). The first-order chi connectivity index (χ1) is 9.31. The van der Waals surface area contributed by atoms with E-state index < -0.39 is 0 Å². The topological polar surface area (TPSA) is 61.5 Å². The minimum atomic E-state index is 0.461. The van der Waals surface area contributed by atoms with Crippen LogP contribution in [0, 0.1) is 0 Å². The summed E-state index contributed by atoms with van der Waals surface area (Å²) < 4.78 is 12.2. The van der Waals surface area contributed by atoms with E-state index in [0.717, 1.165) is 11.4 Å². The molecular formula is C13H12N4O2. The van der Waals surface area contributed by atoms with Crippen molar-refractivity contribution in [3.63, 3.8) is 0 Å². The van der Waals surface area contributed by atoms with Crippen molar-refractivity contribution in [3.8, 4) is 23.1 Å². The lowest BCUT2D eigenvalue weighted by Crippen LogP contribution is -1.97. The van der Waals surface area contributed by atoms with Crippen molar-refractivity contribution in [1.29, 1.82) is 0 Å². The maximum Gasteiger partial charge on any atom is 0.240 e. The van der Waals surface area contributed by atoms with E-state index in [9.17, 15) is 0 Å². The minimum Gasteiger partial charge on any atom is -0.482 e. The van der Waals surface area contributed by atoms with E-state index >= 15 is 0 Å². The third-order valence-corrected chi connectivity index (χ3v) is 2.73. The largest absolute Gasteiger partial charge is 0.482 e. The number of fused-ring (bicyclic) bond motifs is 1. The standard InChI is InChI=1S/C13H12N4O2/c1-18-11-7-12(19-2)17-8-10(15-13(17)16-11)9-5-3-4-6-14-9/h3-8H,1-2H3. The molecule has 0 N–H and O–H groups in total. The van der Waals surface area contributed by atoms with E-state index in [1.165, 1.54) is 0 Å². The molecule has 3 aromatic heterocycles. The van der Waals surface area contributed by atoms with Crippen LogP contribution in [0.5, 0.6) is 11.8 Å². The molecule has 0 spiro atoms. The SMILES string of the molecule is COc1cc(OC)n2cc(-c3ccccn3)nc2n1. The number of pyridine rings is 1. The predicted octanol–water partition coefficient (Wildman–Crippen LogP) is 1.81. The summed E-state index contributed by atoms with van der Waals surface area (Å²) in [6.07, 6.45) is 3.56. The number of hydrogen-bond acceptors (Lipinski definition) is 5. The van der Waals surface area contributed by atoms with E-state index in [1.54, 1.807) is 30.9 Å². The fourth-order valence-corrected chi connectivity index (χ4v) is 1.82. The second kappa shape index (κ2) is 4.56. The lowest BCUT2D eigenvalue weighted by Gasteiger charge is -2.04. The Balaban J connectivity index is 2.20. The average molecular weight is 256 g/mol. The van der Waals surface area contributed by atoms with Gasteiger partial charge >= 0.3 is 0 Å². The van der Waals surface area contributed by atoms with E-state index in [4.69, 9.17) is 9.47 Å². The van der Waals surface area contributed by atoms with Gasteiger partial charge in [0.05, 0.1) is 26.0 Å². The second-order valence-electron chi connectivity index (χ2n) is 3.85. The third kappa shape index (κ3) is 1.97. The maximum atomic E-state index is 5.30. The number of ether oxygens (including phenoxy) is 2. The molecule has 0 unspecified atom stereocenters. The summed E-state index contributed by atoms with van der Waals surface area (Å²) in [5, 5.41) is 0. The van der Waals surface area contributed by atoms with Gasteiger partial charge in [-0.05, 0) is 12.1 Å². The average Bonchev–Trinajstić information content (AvgIpc) is 2.91. The van der Waals surface area contributed by atoms with Crippen LogP contribution >= 0.6 is 0 Å². The molecule has 3 heterocycles. The Kier molecular flexibility index (Phi) is 2.75. The zero-order valence-electron chi connectivity index (χ0n) is 10.6. The molecule has 96 valence electrons. The van der Waals surface area contributed by atoms with Gasteiger partial charge in [0.15, 0.2) is 0 Å². The minimum absolute atomic E-state index is 0.461. The number of aromatic nitrogens is 4. The van der Waals surface area contributed by atoms with Crippen LogP contribution in [0.15, 0.2) is 36.7 Å². The Hall–Kier alpha value is -2.63. The Morgan fingerprint density at radius 2 is 1.95 bits per heavy atom. The molecule has 0 bridgehead atoms. The van der Waals surface area contributed by atoms with E-state index in [2.05, 4.69) is 15.0 Å². The zero-order chi connectivity index (χ0) is 13.2. The molecule has 0 aliphatic heterocycles. The maximum absolute atomic E-state index is 5.30. The van der Waals surface area contributed by atoms with Crippen molar-refractivity contribution in [3.05, 3.63) is 36.7 Å². The van der Waals surface area contributed by atoms with Crippen molar-refractivity contribution in [1.82, 2.24) is 19.4 Å². The Morgan fingerprint density at radius 3 is 2.63 bits per heavy atom. The van der Waals surface area contributed by atoms with Crippen LogP contribution in [0.2, 0.25) is 0 Å². The Labute approximate surface area is 109 Å². The van der Waals surface area contributed by atoms with E-state index in [1.807, 2.05) is 24.4 Å². The summed E-state index contributed by atoms with van der Waals surface area (Å²) in [4.78, 5) is 13.0. The molecule has 3 aromatic rings. The zero-order valence-corrected chi connectivity index (χ0v) is 10.6. The summed E-state index contributed by atoms with van der Waals surface area (Å²) in [5.74, 6) is 1.58. The Morgan fingerprint density at radius 1 is 1.05 bits per heavy atom. The van der Waals surface area contributed by atoms with Gasteiger partial charge in [-0.25, -0.2) is 4.98 Å². The fourth-order valence-electron chi connectivity index (χ4n) is 1.82. The number of hydrogen-bond donors (Lipinski definition) is 0. The van der Waals surface area contributed by atoms with Crippen molar-refractivity contribution in [2.24, 2.45) is 0 Å². The number of methoxy groups -OCH3 is 2. The van der Waals surface area contributed by atoms with Crippen LogP contribution in [0.25, 0.3) is 17.2 Å². The van der Waals surface area contributed by atoms with E-state index in [-0.39, 0.29) is 0 Å². The van der Waals surface area contributed by atoms with Gasteiger partial charge in [0, 0.05) is 12.4 Å². The molecule has 0 saturated heterocycles. The first-order valence-corrected chi connectivity index (χ1v) is 5.71. The van der Waals surface area contributed by atoms with Crippen LogP contribution in [0.4, 0.5) is 0 Å². The van der Waals surface area contributed by atoms with Gasteiger partial charge in [-0.2, -0.15) is 4.98 Å². The highest BCUT2D eigenvalue weighted by atomic mass is 16.5. The number of imidazole rings is 1. The molecule has 6 nitrogen and oxygen atoms in total. The molecule has 0 fully saturated rings. The monoisotopic (exact) mass is 256 g/mol. The molecule has 0 amide bonds. The quantitative estimate of drug-likeness (QED) is 0.715. The fraction of sp³-hybridized carbons (Fsp3) is 0.154. The van der Waals surface area contributed by atoms with Gasteiger partial charge < -0.3 is 9.47 Å². The van der Waals surface area contributed by atoms with Crippen LogP contribution in [0.3, 0.4) is 0 Å². The normalized spacial score (nSPS) is 10.6. The molecule has 6 heteroatoms. The first-order valence-electron chi connectivity index (χ1n) is 5.71. The molecular weight excluding hydrogens is 244 g/mol. The lowest BCUT2D eigenvalue weighted by atomic mass is 10.3. The van der Waals surface area contributed by atoms with Gasteiger partial charge in [0.1, 0.15) is 5.69 Å². The highest BCUT2D eigenvalue weighted by Gasteiger charge is 2.11. The molecule has 0 atom stereocenters. The van der Waals surface area contributed by atoms with Gasteiger partial charge in [0.2, 0.25) is 17.5 Å². The van der Waals surface area contributed by atoms with Crippen molar-refractivity contribution in [2.45, 2.75) is 0 Å². The van der Waals surface area contributed by atoms with Crippen LogP contribution in [-0.2, 0) is 0 Å². The molecule has 19 heavy (non-hydrogen) atoms. The lowest BCUT2D eigenvalue weighted by molar-refractivity contribution is 0.369. The van der Waals surface area contributed by atoms with Crippen molar-refractivity contribution in [2.75, 3.05) is 14.2 Å². The van der Waals surface area contributed by atoms with Crippen LogP contribution in [-0.4, -0.2) is 33.6 Å². The second-order valence-corrected chi connectivity index (χ2v) is 3.85. The smallest absolute Gasteiger partial charge is 0.240 e. The van der Waals surface area contributed by atoms with Gasteiger partial charge in [-0.15, -0.1) is 0 Å². The third-order valence-electron chi connectivity index (χ3n) is 2.73. The molecule has 0 aliphatic rings. The van der Waals surface area contributed by atoms with Crippen molar-refractivity contribution >= 4 is 5.78 Å². The van der Waals surface area contributed by atoms with Crippen molar-refractivity contribution < 1.29 is 9.47 Å². The van der Waals surface area contributed by atoms with Crippen LogP contribution in [0.1, 0.15) is 0 Å². The number of nitrogens with zero attached hydrogens (tertiary/aromatic N) is 4. The highest BCUT2D eigenvalue weighted by molar-refractivity contribution is 5.58. The Bertz CT molecular complexity index is 709. The molecule has 0 radical (unpaired) electrons.